The molecule has 0 unspecified atom stereocenters. The van der Waals surface area contributed by atoms with E-state index in [0.29, 0.717) is 0 Å². The van der Waals surface area contributed by atoms with E-state index in [1.807, 2.05) is 0 Å². The highest BCUT2D eigenvalue weighted by molar-refractivity contribution is 5.99. The largest absolute Gasteiger partial charge is 0.347 e. The zero-order valence-electron chi connectivity index (χ0n) is 12.2. The molecule has 1 aliphatic heterocycles. The van der Waals surface area contributed by atoms with Gasteiger partial charge in [0.2, 0.25) is 0 Å². The predicted octanol–water partition coefficient (Wildman–Crippen LogP) is 5.01. The van der Waals surface area contributed by atoms with Crippen molar-refractivity contribution in [2.45, 2.75) is 37.5 Å². The molecule has 0 bridgehead atoms. The molecule has 4 rings (SSSR count). The van der Waals surface area contributed by atoms with E-state index in [9.17, 15) is 0 Å². The third-order valence-corrected chi connectivity index (χ3v) is 5.42. The second-order valence-electron chi connectivity index (χ2n) is 6.33. The molecular formula is C19H21N. The third-order valence-electron chi connectivity index (χ3n) is 5.42. The van der Waals surface area contributed by atoms with Gasteiger partial charge in [0.25, 0.3) is 0 Å². The van der Waals surface area contributed by atoms with E-state index in [4.69, 9.17) is 0 Å². The molecular weight excluding hydrogens is 242 g/mol. The van der Waals surface area contributed by atoms with E-state index in [0.717, 1.165) is 0 Å². The maximum absolute atomic E-state index is 4.46. The summed E-state index contributed by atoms with van der Waals surface area (Å²) in [6.45, 7) is 4.46. The first-order valence-electron chi connectivity index (χ1n) is 7.69. The molecule has 20 heavy (non-hydrogen) atoms. The van der Waals surface area contributed by atoms with Crippen LogP contribution in [0.4, 0.5) is 5.69 Å². The number of allylic oxidation sites excluding steroid dienone is 1. The van der Waals surface area contributed by atoms with E-state index in [1.54, 1.807) is 0 Å². The second-order valence-corrected chi connectivity index (χ2v) is 6.33. The first-order valence-corrected chi connectivity index (χ1v) is 7.69. The molecule has 102 valence electrons. The van der Waals surface area contributed by atoms with E-state index in [2.05, 4.69) is 54.9 Å². The highest BCUT2D eigenvalue weighted by Gasteiger charge is 2.45. The maximum Gasteiger partial charge on any atom is 0.0527 e. The number of nitrogens with zero attached hydrogens (tertiary/aromatic N) is 1. The summed E-state index contributed by atoms with van der Waals surface area (Å²) in [5.41, 5.74) is 4.44. The van der Waals surface area contributed by atoms with Crippen molar-refractivity contribution in [2.24, 2.45) is 0 Å². The molecule has 0 atom stereocenters. The molecule has 0 aromatic heterocycles. The smallest absolute Gasteiger partial charge is 0.0527 e. The minimum Gasteiger partial charge on any atom is -0.347 e. The number of fused-ring (bicyclic) bond motifs is 4. The summed E-state index contributed by atoms with van der Waals surface area (Å²) < 4.78 is 0. The Balaban J connectivity index is 2.02. The van der Waals surface area contributed by atoms with E-state index < -0.39 is 0 Å². The van der Waals surface area contributed by atoms with Crippen molar-refractivity contribution in [3.05, 3.63) is 54.2 Å². The van der Waals surface area contributed by atoms with Crippen molar-refractivity contribution in [1.82, 2.24) is 0 Å². The van der Waals surface area contributed by atoms with Gasteiger partial charge in [-0.15, -0.1) is 0 Å². The van der Waals surface area contributed by atoms with E-state index >= 15 is 0 Å². The van der Waals surface area contributed by atoms with Crippen LogP contribution in [-0.4, -0.2) is 7.05 Å². The van der Waals surface area contributed by atoms with Gasteiger partial charge in [0.05, 0.1) is 5.69 Å². The Morgan fingerprint density at radius 1 is 1.00 bits per heavy atom. The fourth-order valence-electron chi connectivity index (χ4n) is 4.33. The van der Waals surface area contributed by atoms with Crippen LogP contribution in [0.15, 0.2) is 48.7 Å². The second kappa shape index (κ2) is 4.12. The van der Waals surface area contributed by atoms with Gasteiger partial charge >= 0.3 is 0 Å². The Morgan fingerprint density at radius 2 is 1.75 bits per heavy atom. The zero-order chi connectivity index (χ0) is 13.7. The number of benzene rings is 2. The quantitative estimate of drug-likeness (QED) is 0.646. The molecule has 1 heteroatoms. The molecule has 1 nitrogen and oxygen atoms in total. The molecule has 2 aromatic carbocycles. The van der Waals surface area contributed by atoms with Gasteiger partial charge in [0.15, 0.2) is 0 Å². The Morgan fingerprint density at radius 3 is 2.55 bits per heavy atom. The van der Waals surface area contributed by atoms with Crippen LogP contribution in [0, 0.1) is 0 Å². The van der Waals surface area contributed by atoms with Crippen molar-refractivity contribution in [1.29, 1.82) is 0 Å². The van der Waals surface area contributed by atoms with Crippen LogP contribution in [0.3, 0.4) is 0 Å². The van der Waals surface area contributed by atoms with Crippen LogP contribution in [0.5, 0.6) is 0 Å². The SMILES string of the molecule is C=C1N(C)c2c(ccc3ccccc23)C12CCCCC2. The normalized spacial score (nSPS) is 20.6. The van der Waals surface area contributed by atoms with Crippen molar-refractivity contribution in [3.63, 3.8) is 0 Å². The van der Waals surface area contributed by atoms with Crippen LogP contribution in [0.25, 0.3) is 10.8 Å². The Labute approximate surface area is 120 Å². The summed E-state index contributed by atoms with van der Waals surface area (Å²) in [5.74, 6) is 0. The van der Waals surface area contributed by atoms with Gasteiger partial charge in [-0.2, -0.15) is 0 Å². The molecule has 1 spiro atoms. The first kappa shape index (κ1) is 12.0. The minimum absolute atomic E-state index is 0.215. The molecule has 1 heterocycles. The predicted molar refractivity (Wildman–Crippen MR) is 86.3 cm³/mol. The van der Waals surface area contributed by atoms with Gasteiger partial charge in [0, 0.05) is 23.5 Å². The van der Waals surface area contributed by atoms with Gasteiger partial charge in [-0.05, 0) is 23.8 Å². The fourth-order valence-corrected chi connectivity index (χ4v) is 4.33. The number of hydrogen-bond acceptors (Lipinski definition) is 1. The highest BCUT2D eigenvalue weighted by Crippen LogP contribution is 2.55. The Bertz CT molecular complexity index is 692. The summed E-state index contributed by atoms with van der Waals surface area (Å²) >= 11 is 0. The molecule has 1 fully saturated rings. The van der Waals surface area contributed by atoms with Crippen LogP contribution in [-0.2, 0) is 5.41 Å². The molecule has 1 aliphatic carbocycles. The molecule has 2 aliphatic rings. The molecule has 1 saturated carbocycles. The molecule has 0 saturated heterocycles. The summed E-state index contributed by atoms with van der Waals surface area (Å²) in [7, 11) is 2.19. The van der Waals surface area contributed by atoms with E-state index in [1.165, 1.54) is 59.8 Å². The van der Waals surface area contributed by atoms with Crippen LogP contribution in [0.2, 0.25) is 0 Å². The topological polar surface area (TPSA) is 3.24 Å². The van der Waals surface area contributed by atoms with Crippen molar-refractivity contribution >= 4 is 16.5 Å². The van der Waals surface area contributed by atoms with Gasteiger partial charge < -0.3 is 4.90 Å². The van der Waals surface area contributed by atoms with Crippen LogP contribution < -0.4 is 4.90 Å². The monoisotopic (exact) mass is 263 g/mol. The maximum atomic E-state index is 4.46. The fraction of sp³-hybridized carbons (Fsp3) is 0.368. The lowest BCUT2D eigenvalue weighted by atomic mass is 9.69. The number of likely N-dealkylation sites (N-methyl/N-ethyl adjacent to an activating group) is 1. The van der Waals surface area contributed by atoms with Crippen molar-refractivity contribution < 1.29 is 0 Å². The average Bonchev–Trinajstić information content (AvgIpc) is 2.71. The van der Waals surface area contributed by atoms with Crippen molar-refractivity contribution in [2.75, 3.05) is 11.9 Å². The lowest BCUT2D eigenvalue weighted by Gasteiger charge is -2.35. The minimum atomic E-state index is 0.215. The summed E-state index contributed by atoms with van der Waals surface area (Å²) in [5, 5.41) is 2.70. The highest BCUT2D eigenvalue weighted by atomic mass is 15.2. The van der Waals surface area contributed by atoms with Crippen LogP contribution >= 0.6 is 0 Å². The number of anilines is 1. The molecule has 0 N–H and O–H groups in total. The molecule has 0 radical (unpaired) electrons. The Kier molecular flexibility index (Phi) is 2.47. The zero-order valence-corrected chi connectivity index (χ0v) is 12.2. The van der Waals surface area contributed by atoms with Gasteiger partial charge in [-0.1, -0.05) is 62.2 Å². The van der Waals surface area contributed by atoms with Crippen molar-refractivity contribution in [3.8, 4) is 0 Å². The molecule has 0 amide bonds. The summed E-state index contributed by atoms with van der Waals surface area (Å²) in [6.07, 6.45) is 6.57. The number of rotatable bonds is 0. The lowest BCUT2D eigenvalue weighted by Crippen LogP contribution is -2.31. The number of hydrogen-bond donors (Lipinski definition) is 0. The van der Waals surface area contributed by atoms with Gasteiger partial charge in [-0.25, -0.2) is 0 Å². The molecule has 2 aromatic rings. The van der Waals surface area contributed by atoms with Gasteiger partial charge in [-0.3, -0.25) is 0 Å². The summed E-state index contributed by atoms with van der Waals surface area (Å²) in [4.78, 5) is 2.35. The first-order chi connectivity index (χ1) is 9.74. The average molecular weight is 263 g/mol. The standard InChI is InChI=1S/C19H21N/c1-14-19(12-6-3-7-13-19)17-11-10-15-8-4-5-9-16(15)18(17)20(14)2/h4-5,8-11H,1,3,6-7,12-13H2,2H3. The van der Waals surface area contributed by atoms with Crippen LogP contribution in [0.1, 0.15) is 37.7 Å². The summed E-state index contributed by atoms with van der Waals surface area (Å²) in [6, 6.07) is 13.4. The van der Waals surface area contributed by atoms with E-state index in [-0.39, 0.29) is 5.41 Å². The third kappa shape index (κ3) is 1.38. The Hall–Kier alpha value is -1.76. The lowest BCUT2D eigenvalue weighted by molar-refractivity contribution is 0.347. The van der Waals surface area contributed by atoms with Gasteiger partial charge in [0.1, 0.15) is 0 Å².